The van der Waals surface area contributed by atoms with Crippen molar-refractivity contribution in [3.8, 4) is 0 Å². The molecule has 2 rings (SSSR count). The predicted molar refractivity (Wildman–Crippen MR) is 100 cm³/mol. The summed E-state index contributed by atoms with van der Waals surface area (Å²) in [6.45, 7) is 8.49. The number of nitrogens with one attached hydrogen (secondary N) is 2. The molecule has 0 heterocycles. The summed E-state index contributed by atoms with van der Waals surface area (Å²) in [6.07, 6.45) is 0. The molecule has 134 valence electrons. The second kappa shape index (κ2) is 7.70. The van der Waals surface area contributed by atoms with E-state index in [-0.39, 0.29) is 10.8 Å². The predicted octanol–water partition coefficient (Wildman–Crippen LogP) is 3.49. The molecule has 0 aliphatic carbocycles. The molecule has 6 heteroatoms. The Bertz CT molecular complexity index is 857. The van der Waals surface area contributed by atoms with Crippen molar-refractivity contribution < 1.29 is 13.2 Å². The largest absolute Gasteiger partial charge is 0.352 e. The summed E-state index contributed by atoms with van der Waals surface area (Å²) < 4.78 is 27.5. The van der Waals surface area contributed by atoms with E-state index < -0.39 is 10.0 Å². The molecule has 2 aromatic carbocycles. The maximum Gasteiger partial charge on any atom is 0.261 e. The molecule has 0 aliphatic heterocycles. The molecule has 0 saturated carbocycles. The Labute approximate surface area is 149 Å². The lowest BCUT2D eigenvalue weighted by Gasteiger charge is -2.11. The van der Waals surface area contributed by atoms with Crippen LogP contribution in [0, 0.1) is 19.8 Å². The van der Waals surface area contributed by atoms with E-state index in [4.69, 9.17) is 0 Å². The Morgan fingerprint density at radius 2 is 1.64 bits per heavy atom. The number of rotatable bonds is 6. The van der Waals surface area contributed by atoms with Gasteiger partial charge in [0.2, 0.25) is 0 Å². The molecule has 0 aliphatic rings. The van der Waals surface area contributed by atoms with Gasteiger partial charge in [-0.05, 0) is 67.3 Å². The van der Waals surface area contributed by atoms with Gasteiger partial charge in [0.05, 0.1) is 4.90 Å². The number of aryl methyl sites for hydroxylation is 2. The van der Waals surface area contributed by atoms with Crippen LogP contribution in [0.4, 0.5) is 5.69 Å². The Morgan fingerprint density at radius 3 is 2.20 bits per heavy atom. The van der Waals surface area contributed by atoms with Crippen molar-refractivity contribution in [1.82, 2.24) is 5.32 Å². The van der Waals surface area contributed by atoms with Crippen LogP contribution in [-0.2, 0) is 10.0 Å². The van der Waals surface area contributed by atoms with Crippen molar-refractivity contribution in [2.24, 2.45) is 5.92 Å². The van der Waals surface area contributed by atoms with Crippen molar-refractivity contribution in [3.63, 3.8) is 0 Å². The zero-order valence-electron chi connectivity index (χ0n) is 15.0. The molecule has 0 spiro atoms. The van der Waals surface area contributed by atoms with Gasteiger partial charge in [-0.3, -0.25) is 9.52 Å². The number of benzene rings is 2. The third kappa shape index (κ3) is 5.06. The minimum Gasteiger partial charge on any atom is -0.352 e. The van der Waals surface area contributed by atoms with Gasteiger partial charge in [-0.25, -0.2) is 8.42 Å². The smallest absolute Gasteiger partial charge is 0.261 e. The highest BCUT2D eigenvalue weighted by molar-refractivity contribution is 7.92. The highest BCUT2D eigenvalue weighted by Crippen LogP contribution is 2.19. The van der Waals surface area contributed by atoms with Crippen molar-refractivity contribution in [3.05, 3.63) is 59.2 Å². The van der Waals surface area contributed by atoms with E-state index in [1.54, 1.807) is 12.1 Å². The van der Waals surface area contributed by atoms with Gasteiger partial charge in [-0.2, -0.15) is 0 Å². The van der Waals surface area contributed by atoms with Crippen molar-refractivity contribution >= 4 is 21.6 Å². The number of amides is 1. The highest BCUT2D eigenvalue weighted by atomic mass is 32.2. The monoisotopic (exact) mass is 360 g/mol. The van der Waals surface area contributed by atoms with Gasteiger partial charge in [-0.15, -0.1) is 0 Å². The van der Waals surface area contributed by atoms with Gasteiger partial charge in [0.1, 0.15) is 0 Å². The second-order valence-electron chi connectivity index (χ2n) is 6.53. The summed E-state index contributed by atoms with van der Waals surface area (Å²) in [5.41, 5.74) is 3.06. The molecule has 0 aromatic heterocycles. The van der Waals surface area contributed by atoms with Crippen LogP contribution in [0.2, 0.25) is 0 Å². The Morgan fingerprint density at radius 1 is 1.00 bits per heavy atom. The Hall–Kier alpha value is -2.34. The van der Waals surface area contributed by atoms with Gasteiger partial charge in [0, 0.05) is 17.8 Å². The summed E-state index contributed by atoms with van der Waals surface area (Å²) in [5, 5.41) is 2.80. The minimum atomic E-state index is -3.69. The molecular weight excluding hydrogens is 336 g/mol. The molecule has 0 fully saturated rings. The van der Waals surface area contributed by atoms with Gasteiger partial charge >= 0.3 is 0 Å². The average Bonchev–Trinajstić information content (AvgIpc) is 2.56. The fourth-order valence-corrected chi connectivity index (χ4v) is 3.25. The molecule has 0 atom stereocenters. The fraction of sp³-hybridized carbons (Fsp3) is 0.316. The van der Waals surface area contributed by atoms with E-state index in [1.807, 2.05) is 33.8 Å². The van der Waals surface area contributed by atoms with E-state index in [9.17, 15) is 13.2 Å². The maximum atomic E-state index is 12.5. The summed E-state index contributed by atoms with van der Waals surface area (Å²) in [4.78, 5) is 12.1. The molecule has 2 aromatic rings. The maximum absolute atomic E-state index is 12.5. The topological polar surface area (TPSA) is 75.3 Å². The van der Waals surface area contributed by atoms with E-state index in [1.165, 1.54) is 24.3 Å². The van der Waals surface area contributed by atoms with Crippen LogP contribution < -0.4 is 10.0 Å². The van der Waals surface area contributed by atoms with E-state index in [0.717, 1.165) is 11.1 Å². The summed E-state index contributed by atoms with van der Waals surface area (Å²) >= 11 is 0. The lowest BCUT2D eigenvalue weighted by molar-refractivity contribution is 0.0949. The fourth-order valence-electron chi connectivity index (χ4n) is 2.20. The van der Waals surface area contributed by atoms with Crippen molar-refractivity contribution in [2.45, 2.75) is 32.6 Å². The Kier molecular flexibility index (Phi) is 5.85. The summed E-state index contributed by atoms with van der Waals surface area (Å²) in [5.74, 6) is 0.144. The molecule has 5 nitrogen and oxygen atoms in total. The third-order valence-corrected chi connectivity index (χ3v) is 5.25. The van der Waals surface area contributed by atoms with Crippen LogP contribution in [0.1, 0.15) is 35.3 Å². The van der Waals surface area contributed by atoms with Crippen LogP contribution >= 0.6 is 0 Å². The molecule has 0 bridgehead atoms. The molecule has 2 N–H and O–H groups in total. The molecule has 0 unspecified atom stereocenters. The van der Waals surface area contributed by atoms with E-state index in [2.05, 4.69) is 10.0 Å². The van der Waals surface area contributed by atoms with Gasteiger partial charge in [0.25, 0.3) is 15.9 Å². The van der Waals surface area contributed by atoms with Crippen molar-refractivity contribution in [2.75, 3.05) is 11.3 Å². The van der Waals surface area contributed by atoms with Gasteiger partial charge in [0.15, 0.2) is 0 Å². The normalized spacial score (nSPS) is 11.4. The molecular formula is C19H24N2O3S. The number of sulfonamides is 1. The molecule has 0 saturated heterocycles. The second-order valence-corrected chi connectivity index (χ2v) is 8.22. The number of carbonyl (C=O) groups is 1. The van der Waals surface area contributed by atoms with Gasteiger partial charge in [-0.1, -0.05) is 19.9 Å². The molecule has 25 heavy (non-hydrogen) atoms. The number of anilines is 1. The highest BCUT2D eigenvalue weighted by Gasteiger charge is 2.15. The standard InChI is InChI=1S/C19H24N2O3S/c1-13(2)12-20-19(22)16-6-9-18(10-7-16)25(23,24)21-17-8-5-14(3)15(4)11-17/h5-11,13,21H,12H2,1-4H3,(H,20,22). The van der Waals surface area contributed by atoms with Crippen LogP contribution in [0.25, 0.3) is 0 Å². The van der Waals surface area contributed by atoms with Crippen LogP contribution in [0.5, 0.6) is 0 Å². The van der Waals surface area contributed by atoms with E-state index in [0.29, 0.717) is 23.7 Å². The first-order valence-electron chi connectivity index (χ1n) is 8.17. The third-order valence-electron chi connectivity index (χ3n) is 3.86. The molecule has 1 amide bonds. The van der Waals surface area contributed by atoms with Crippen molar-refractivity contribution in [1.29, 1.82) is 0 Å². The quantitative estimate of drug-likeness (QED) is 0.828. The average molecular weight is 360 g/mol. The molecule has 0 radical (unpaired) electrons. The minimum absolute atomic E-state index is 0.117. The first kappa shape index (κ1) is 19.0. The lowest BCUT2D eigenvalue weighted by atomic mass is 10.1. The first-order valence-corrected chi connectivity index (χ1v) is 9.65. The first-order chi connectivity index (χ1) is 11.7. The Balaban J connectivity index is 2.14. The number of carbonyl (C=O) groups excluding carboxylic acids is 1. The zero-order valence-corrected chi connectivity index (χ0v) is 15.8. The number of hydrogen-bond acceptors (Lipinski definition) is 3. The summed E-state index contributed by atoms with van der Waals surface area (Å²) in [7, 11) is -3.69. The van der Waals surface area contributed by atoms with Crippen LogP contribution in [0.3, 0.4) is 0 Å². The van der Waals surface area contributed by atoms with E-state index >= 15 is 0 Å². The number of hydrogen-bond donors (Lipinski definition) is 2. The lowest BCUT2D eigenvalue weighted by Crippen LogP contribution is -2.27. The SMILES string of the molecule is Cc1ccc(NS(=O)(=O)c2ccc(C(=O)NCC(C)C)cc2)cc1C. The van der Waals surface area contributed by atoms with Crippen LogP contribution in [0.15, 0.2) is 47.4 Å². The van der Waals surface area contributed by atoms with Gasteiger partial charge < -0.3 is 5.32 Å². The van der Waals surface area contributed by atoms with Crippen LogP contribution in [-0.4, -0.2) is 20.9 Å². The zero-order chi connectivity index (χ0) is 18.6. The summed E-state index contributed by atoms with van der Waals surface area (Å²) in [6, 6.07) is 11.3.